The summed E-state index contributed by atoms with van der Waals surface area (Å²) in [6, 6.07) is 4.55. The van der Waals surface area contributed by atoms with Gasteiger partial charge >= 0.3 is 6.09 Å². The van der Waals surface area contributed by atoms with Gasteiger partial charge in [0.2, 0.25) is 0 Å². The molecule has 0 spiro atoms. The first-order chi connectivity index (χ1) is 18.0. The summed E-state index contributed by atoms with van der Waals surface area (Å²) in [6.07, 6.45) is 3.02. The average molecular weight is 622 g/mol. The van der Waals surface area contributed by atoms with Crippen molar-refractivity contribution in [2.45, 2.75) is 83.8 Å². The first-order valence-electron chi connectivity index (χ1n) is 13.1. The standard InChI is InChI=1S/C27H41BrN6O4Si/c1-26(2,3)37-25(36)34(20-16-31-14-12-21(20)38-39(7,8)27(4,5)6)19-11-13-30-15-18(19)32-24(35)23-17(29)9-10-22(28)33-23/h9-11,13,15,20-21,31H,12,14,16,29H2,1-8H3,(H,32,35)/t20-,21-/m0/s1. The molecule has 214 valence electrons. The Morgan fingerprint density at radius 1 is 1.18 bits per heavy atom. The van der Waals surface area contributed by atoms with Crippen LogP contribution in [0, 0.1) is 0 Å². The Labute approximate surface area is 240 Å². The number of nitrogens with one attached hydrogen (secondary N) is 2. The largest absolute Gasteiger partial charge is 0.443 e. The molecule has 1 saturated heterocycles. The van der Waals surface area contributed by atoms with Crippen molar-refractivity contribution >= 4 is 53.3 Å². The monoisotopic (exact) mass is 620 g/mol. The van der Waals surface area contributed by atoms with E-state index in [0.29, 0.717) is 22.5 Å². The molecule has 12 heteroatoms. The summed E-state index contributed by atoms with van der Waals surface area (Å²) < 4.78 is 13.2. The molecule has 0 saturated carbocycles. The number of carbonyl (C=O) groups is 2. The molecule has 1 aliphatic heterocycles. The Bertz CT molecular complexity index is 1200. The van der Waals surface area contributed by atoms with E-state index in [1.807, 2.05) is 20.8 Å². The number of ether oxygens (including phenoxy) is 1. The van der Waals surface area contributed by atoms with Crippen molar-refractivity contribution in [2.75, 3.05) is 29.0 Å². The summed E-state index contributed by atoms with van der Waals surface area (Å²) in [4.78, 5) is 37.1. The molecule has 2 amide bonds. The molecule has 10 nitrogen and oxygen atoms in total. The zero-order chi connectivity index (χ0) is 29.2. The highest BCUT2D eigenvalue weighted by molar-refractivity contribution is 9.10. The van der Waals surface area contributed by atoms with E-state index in [1.54, 1.807) is 29.3 Å². The van der Waals surface area contributed by atoms with Gasteiger partial charge in [0, 0.05) is 12.7 Å². The lowest BCUT2D eigenvalue weighted by molar-refractivity contribution is 0.0493. The van der Waals surface area contributed by atoms with Crippen LogP contribution in [-0.4, -0.2) is 61.1 Å². The van der Waals surface area contributed by atoms with Gasteiger partial charge in [-0.05, 0) is 86.0 Å². The molecular formula is C27H41BrN6O4Si. The SMILES string of the molecule is CC(C)(C)OC(=O)N(c1ccncc1NC(=O)c1nc(Br)ccc1N)[C@H]1CNCC[C@@H]1O[Si](C)(C)C(C)(C)C. The van der Waals surface area contributed by atoms with Crippen molar-refractivity contribution in [3.63, 3.8) is 0 Å². The number of hydrogen-bond acceptors (Lipinski definition) is 8. The van der Waals surface area contributed by atoms with Crippen LogP contribution in [0.1, 0.15) is 58.5 Å². The third kappa shape index (κ3) is 7.77. The number of amides is 2. The van der Waals surface area contributed by atoms with Crippen LogP contribution in [0.4, 0.5) is 21.9 Å². The summed E-state index contributed by atoms with van der Waals surface area (Å²) in [5.41, 5.74) is 6.34. The van der Waals surface area contributed by atoms with E-state index in [-0.39, 0.29) is 22.5 Å². The first kappa shape index (κ1) is 31.0. The molecule has 3 rings (SSSR count). The van der Waals surface area contributed by atoms with Gasteiger partial charge in [0.25, 0.3) is 5.91 Å². The molecular weight excluding hydrogens is 580 g/mol. The number of piperidine rings is 1. The van der Waals surface area contributed by atoms with Crippen molar-refractivity contribution in [3.05, 3.63) is 40.9 Å². The van der Waals surface area contributed by atoms with Crippen molar-refractivity contribution in [1.29, 1.82) is 0 Å². The lowest BCUT2D eigenvalue weighted by Crippen LogP contribution is -2.60. The highest BCUT2D eigenvalue weighted by Crippen LogP contribution is 2.39. The number of nitrogens with two attached hydrogens (primary N) is 1. The molecule has 0 radical (unpaired) electrons. The van der Waals surface area contributed by atoms with E-state index < -0.39 is 32.0 Å². The molecule has 2 aromatic heterocycles. The van der Waals surface area contributed by atoms with Crippen molar-refractivity contribution in [2.24, 2.45) is 0 Å². The van der Waals surface area contributed by atoms with Gasteiger partial charge in [-0.25, -0.2) is 9.78 Å². The summed E-state index contributed by atoms with van der Waals surface area (Å²) in [5.74, 6) is -0.525. The van der Waals surface area contributed by atoms with Crippen LogP contribution in [0.3, 0.4) is 0 Å². The molecule has 1 fully saturated rings. The second kappa shape index (κ2) is 11.9. The molecule has 39 heavy (non-hydrogen) atoms. The van der Waals surface area contributed by atoms with Gasteiger partial charge in [-0.15, -0.1) is 0 Å². The van der Waals surface area contributed by atoms with E-state index >= 15 is 0 Å². The lowest BCUT2D eigenvalue weighted by atomic mass is 10.0. The van der Waals surface area contributed by atoms with E-state index in [1.165, 1.54) is 6.20 Å². The number of carbonyl (C=O) groups excluding carboxylic acids is 2. The minimum atomic E-state index is -2.17. The zero-order valence-electron chi connectivity index (χ0n) is 24.1. The summed E-state index contributed by atoms with van der Waals surface area (Å²) in [5, 5.41) is 6.25. The Morgan fingerprint density at radius 3 is 2.51 bits per heavy atom. The maximum absolute atomic E-state index is 13.8. The number of pyridine rings is 2. The van der Waals surface area contributed by atoms with Gasteiger partial charge in [0.1, 0.15) is 10.2 Å². The number of aromatic nitrogens is 2. The van der Waals surface area contributed by atoms with Crippen LogP contribution in [-0.2, 0) is 9.16 Å². The van der Waals surface area contributed by atoms with Crippen LogP contribution in [0.15, 0.2) is 35.2 Å². The third-order valence-corrected chi connectivity index (χ3v) is 11.9. The van der Waals surface area contributed by atoms with Gasteiger partial charge in [0.05, 0.1) is 35.4 Å². The van der Waals surface area contributed by atoms with E-state index in [2.05, 4.69) is 70.4 Å². The normalized spacial score (nSPS) is 18.4. The third-order valence-electron chi connectivity index (χ3n) is 6.98. The smallest absolute Gasteiger partial charge is 0.415 e. The van der Waals surface area contributed by atoms with Gasteiger partial charge < -0.3 is 25.5 Å². The molecule has 2 aromatic rings. The number of halogens is 1. The number of hydrogen-bond donors (Lipinski definition) is 3. The maximum atomic E-state index is 13.8. The molecule has 2 atom stereocenters. The van der Waals surface area contributed by atoms with Crippen molar-refractivity contribution < 1.29 is 18.8 Å². The molecule has 3 heterocycles. The predicted molar refractivity (Wildman–Crippen MR) is 161 cm³/mol. The molecule has 1 aliphatic rings. The van der Waals surface area contributed by atoms with Gasteiger partial charge in [-0.3, -0.25) is 14.7 Å². The van der Waals surface area contributed by atoms with Gasteiger partial charge in [0.15, 0.2) is 14.0 Å². The Morgan fingerprint density at radius 2 is 1.87 bits per heavy atom. The van der Waals surface area contributed by atoms with Crippen molar-refractivity contribution in [3.8, 4) is 0 Å². The summed E-state index contributed by atoms with van der Waals surface area (Å²) >= 11 is 3.29. The van der Waals surface area contributed by atoms with Crippen LogP contribution in [0.2, 0.25) is 18.1 Å². The van der Waals surface area contributed by atoms with Gasteiger partial charge in [-0.2, -0.15) is 0 Å². The number of nitrogen functional groups attached to an aromatic ring is 1. The minimum Gasteiger partial charge on any atom is -0.443 e. The second-order valence-electron chi connectivity index (χ2n) is 12.2. The van der Waals surface area contributed by atoms with E-state index in [9.17, 15) is 9.59 Å². The van der Waals surface area contributed by atoms with Crippen molar-refractivity contribution in [1.82, 2.24) is 15.3 Å². The highest BCUT2D eigenvalue weighted by Gasteiger charge is 2.44. The summed E-state index contributed by atoms with van der Waals surface area (Å²) in [7, 11) is -2.17. The lowest BCUT2D eigenvalue weighted by Gasteiger charge is -2.46. The Balaban J connectivity index is 2.06. The first-order valence-corrected chi connectivity index (χ1v) is 16.8. The number of nitrogens with zero attached hydrogens (tertiary/aromatic N) is 3. The van der Waals surface area contributed by atoms with Crippen LogP contribution in [0.5, 0.6) is 0 Å². The number of anilines is 3. The predicted octanol–water partition coefficient (Wildman–Crippen LogP) is 5.57. The fraction of sp³-hybridized carbons (Fsp3) is 0.556. The minimum absolute atomic E-state index is 0.00807. The fourth-order valence-electron chi connectivity index (χ4n) is 3.99. The van der Waals surface area contributed by atoms with Gasteiger partial charge in [-0.1, -0.05) is 20.8 Å². The van der Waals surface area contributed by atoms with E-state index in [4.69, 9.17) is 14.9 Å². The van der Waals surface area contributed by atoms with Crippen LogP contribution in [0.25, 0.3) is 0 Å². The Kier molecular flexibility index (Phi) is 9.46. The quantitative estimate of drug-likeness (QED) is 0.282. The average Bonchev–Trinajstić information content (AvgIpc) is 2.81. The molecule has 4 N–H and O–H groups in total. The van der Waals surface area contributed by atoms with E-state index in [0.717, 1.165) is 13.0 Å². The molecule has 0 bridgehead atoms. The molecule has 0 unspecified atom stereocenters. The van der Waals surface area contributed by atoms with Crippen LogP contribution < -0.4 is 21.3 Å². The Hall–Kier alpha value is -2.54. The fourth-order valence-corrected chi connectivity index (χ4v) is 5.69. The van der Waals surface area contributed by atoms with Crippen LogP contribution >= 0.6 is 15.9 Å². The second-order valence-corrected chi connectivity index (χ2v) is 17.8. The number of rotatable bonds is 6. The highest BCUT2D eigenvalue weighted by atomic mass is 79.9. The molecule has 0 aromatic carbocycles. The molecule has 0 aliphatic carbocycles. The zero-order valence-corrected chi connectivity index (χ0v) is 26.7. The topological polar surface area (TPSA) is 132 Å². The maximum Gasteiger partial charge on any atom is 0.415 e. The summed E-state index contributed by atoms with van der Waals surface area (Å²) in [6.45, 7) is 17.7.